The number of carbonyl (C=O) groups is 2. The van der Waals surface area contributed by atoms with Gasteiger partial charge in [-0.3, -0.25) is 14.5 Å². The third kappa shape index (κ3) is 3.99. The zero-order valence-corrected chi connectivity index (χ0v) is 21.0. The minimum absolute atomic E-state index is 0.0287. The molecule has 1 saturated heterocycles. The summed E-state index contributed by atoms with van der Waals surface area (Å²) in [6, 6.07) is 15.4. The summed E-state index contributed by atoms with van der Waals surface area (Å²) in [6.07, 6.45) is 0. The number of carbonyl (C=O) groups excluding carboxylic acids is 2. The van der Waals surface area contributed by atoms with Crippen LogP contribution in [0.2, 0.25) is 0 Å². The maximum absolute atomic E-state index is 13.5. The normalized spacial score (nSPS) is 18.2. The minimum Gasteiger partial charge on any atom is -0.508 e. The number of ketones is 1. The van der Waals surface area contributed by atoms with E-state index in [2.05, 4.69) is 4.98 Å². The quantitative estimate of drug-likeness (QED) is 0.215. The topological polar surface area (TPSA) is 118 Å². The molecule has 3 heterocycles. The summed E-state index contributed by atoms with van der Waals surface area (Å²) >= 11 is 1.24. The largest absolute Gasteiger partial charge is 0.508 e. The number of phenols is 1. The highest BCUT2D eigenvalue weighted by atomic mass is 32.1. The van der Waals surface area contributed by atoms with Gasteiger partial charge in [0.25, 0.3) is 5.78 Å². The monoisotopic (exact) mass is 530 g/mol. The van der Waals surface area contributed by atoms with E-state index in [0.29, 0.717) is 58.8 Å². The Kier molecular flexibility index (Phi) is 5.88. The fraction of sp³-hybridized carbons (Fsp3) is 0.179. The first-order valence-electron chi connectivity index (χ1n) is 12.0. The van der Waals surface area contributed by atoms with Gasteiger partial charge in [0, 0.05) is 5.56 Å². The third-order valence-electron chi connectivity index (χ3n) is 6.33. The Hall–Kier alpha value is -4.57. The molecule has 0 saturated carbocycles. The lowest BCUT2D eigenvalue weighted by atomic mass is 9.95. The summed E-state index contributed by atoms with van der Waals surface area (Å²) in [6.45, 7) is 3.17. The summed E-state index contributed by atoms with van der Waals surface area (Å²) in [5.74, 6) is -0.334. The molecule has 1 unspecified atom stereocenters. The van der Waals surface area contributed by atoms with E-state index in [1.54, 1.807) is 42.5 Å². The van der Waals surface area contributed by atoms with Gasteiger partial charge >= 0.3 is 5.91 Å². The zero-order valence-electron chi connectivity index (χ0n) is 20.2. The minimum atomic E-state index is -0.976. The van der Waals surface area contributed by atoms with Gasteiger partial charge in [0.15, 0.2) is 16.6 Å². The van der Waals surface area contributed by atoms with E-state index in [1.807, 2.05) is 13.0 Å². The molecule has 2 N–H and O–H groups in total. The van der Waals surface area contributed by atoms with Crippen LogP contribution in [0, 0.1) is 0 Å². The van der Waals surface area contributed by atoms with Gasteiger partial charge in [-0.1, -0.05) is 23.5 Å². The summed E-state index contributed by atoms with van der Waals surface area (Å²) in [4.78, 5) is 32.8. The lowest BCUT2D eigenvalue weighted by molar-refractivity contribution is -0.132. The molecule has 0 radical (unpaired) electrons. The molecule has 4 aromatic rings. The molecule has 1 atom stereocenters. The molecule has 1 aromatic heterocycles. The Morgan fingerprint density at radius 1 is 1.05 bits per heavy atom. The second-order valence-corrected chi connectivity index (χ2v) is 9.69. The number of nitrogens with zero attached hydrogens (tertiary/aromatic N) is 2. The highest BCUT2D eigenvalue weighted by Gasteiger charge is 2.48. The van der Waals surface area contributed by atoms with E-state index in [9.17, 15) is 19.8 Å². The Balaban J connectivity index is 1.51. The second-order valence-electron chi connectivity index (χ2n) is 8.68. The number of fused-ring (bicyclic) bond motifs is 2. The van der Waals surface area contributed by atoms with Gasteiger partial charge in [0.1, 0.15) is 30.5 Å². The number of aromatic nitrogens is 1. The summed E-state index contributed by atoms with van der Waals surface area (Å²) < 4.78 is 17.6. The fourth-order valence-electron chi connectivity index (χ4n) is 4.60. The van der Waals surface area contributed by atoms with E-state index in [1.165, 1.54) is 28.4 Å². The predicted molar refractivity (Wildman–Crippen MR) is 141 cm³/mol. The Labute approximate surface area is 221 Å². The van der Waals surface area contributed by atoms with Crippen LogP contribution in [0.25, 0.3) is 16.0 Å². The molecule has 0 aliphatic carbocycles. The lowest BCUT2D eigenvalue weighted by Crippen LogP contribution is -2.29. The van der Waals surface area contributed by atoms with Crippen LogP contribution in [-0.4, -0.2) is 46.7 Å². The van der Waals surface area contributed by atoms with Crippen molar-refractivity contribution < 1.29 is 34.0 Å². The SMILES string of the molecule is CCOc1ccc2nc(N3C(=O)C(=O)/C(=C(\O)c4ccc5c(c4)OCCO5)C3c3ccc(O)cc3)sc2c1. The second kappa shape index (κ2) is 9.38. The van der Waals surface area contributed by atoms with Gasteiger partial charge < -0.3 is 24.4 Å². The smallest absolute Gasteiger partial charge is 0.301 e. The Bertz CT molecular complexity index is 1610. The van der Waals surface area contributed by atoms with Crippen LogP contribution in [0.15, 0.2) is 66.2 Å². The summed E-state index contributed by atoms with van der Waals surface area (Å²) in [5, 5.41) is 21.6. The van der Waals surface area contributed by atoms with Gasteiger partial charge in [0.05, 0.1) is 28.4 Å². The number of hydrogen-bond acceptors (Lipinski definition) is 9. The van der Waals surface area contributed by atoms with E-state index < -0.39 is 17.7 Å². The molecule has 1 fully saturated rings. The van der Waals surface area contributed by atoms with Crippen LogP contribution < -0.4 is 19.1 Å². The molecule has 6 rings (SSSR count). The predicted octanol–water partition coefficient (Wildman–Crippen LogP) is 4.80. The average molecular weight is 531 g/mol. The van der Waals surface area contributed by atoms with E-state index in [0.717, 1.165) is 4.70 Å². The Morgan fingerprint density at radius 3 is 2.58 bits per heavy atom. The van der Waals surface area contributed by atoms with Crippen LogP contribution in [0.3, 0.4) is 0 Å². The van der Waals surface area contributed by atoms with Crippen LogP contribution in [0.5, 0.6) is 23.0 Å². The summed E-state index contributed by atoms with van der Waals surface area (Å²) in [7, 11) is 0. The molecule has 10 heteroatoms. The van der Waals surface area contributed by atoms with Gasteiger partial charge in [-0.15, -0.1) is 0 Å². The molecule has 9 nitrogen and oxygen atoms in total. The van der Waals surface area contributed by atoms with Gasteiger partial charge in [-0.25, -0.2) is 4.98 Å². The highest BCUT2D eigenvalue weighted by Crippen LogP contribution is 2.45. The van der Waals surface area contributed by atoms with Crippen LogP contribution in [-0.2, 0) is 9.59 Å². The number of Topliss-reactive ketones (excluding diaryl/α,β-unsaturated/α-hetero) is 1. The third-order valence-corrected chi connectivity index (χ3v) is 7.35. The number of aliphatic hydroxyl groups excluding tert-OH is 1. The first-order valence-corrected chi connectivity index (χ1v) is 12.8. The number of phenolic OH excluding ortho intramolecular Hbond substituents is 1. The van der Waals surface area contributed by atoms with Crippen molar-refractivity contribution in [1.29, 1.82) is 0 Å². The number of benzene rings is 3. The van der Waals surface area contributed by atoms with E-state index in [4.69, 9.17) is 14.2 Å². The van der Waals surface area contributed by atoms with Crippen molar-refractivity contribution in [3.63, 3.8) is 0 Å². The molecular formula is C28H22N2O7S. The molecule has 0 spiro atoms. The standard InChI is InChI=1S/C28H22N2O7S/c1-2-35-18-8-9-19-22(14-18)38-28(29-19)30-24(15-3-6-17(31)7-4-15)23(26(33)27(30)34)25(32)16-5-10-20-21(13-16)37-12-11-36-20/h3-10,13-14,24,31-32H,2,11-12H2,1H3/b25-23-. The zero-order chi connectivity index (χ0) is 26.4. The maximum Gasteiger partial charge on any atom is 0.301 e. The molecular weight excluding hydrogens is 508 g/mol. The molecule has 2 aliphatic heterocycles. The number of ether oxygens (including phenoxy) is 3. The number of rotatable bonds is 5. The maximum atomic E-state index is 13.5. The average Bonchev–Trinajstić information content (AvgIpc) is 3.46. The van der Waals surface area contributed by atoms with Crippen molar-refractivity contribution in [3.05, 3.63) is 77.4 Å². The lowest BCUT2D eigenvalue weighted by Gasteiger charge is -2.23. The van der Waals surface area contributed by atoms with Gasteiger partial charge in [-0.05, 0) is 61.0 Å². The summed E-state index contributed by atoms with van der Waals surface area (Å²) in [5.41, 5.74) is 1.38. The van der Waals surface area contributed by atoms with Crippen molar-refractivity contribution >= 4 is 44.1 Å². The van der Waals surface area contributed by atoms with Crippen molar-refractivity contribution in [2.75, 3.05) is 24.7 Å². The van der Waals surface area contributed by atoms with Crippen molar-refractivity contribution in [2.45, 2.75) is 13.0 Å². The van der Waals surface area contributed by atoms with Crippen LogP contribution in [0.1, 0.15) is 24.1 Å². The van der Waals surface area contributed by atoms with Crippen molar-refractivity contribution in [1.82, 2.24) is 4.98 Å². The fourth-order valence-corrected chi connectivity index (χ4v) is 5.62. The van der Waals surface area contributed by atoms with Crippen LogP contribution in [0.4, 0.5) is 5.13 Å². The number of anilines is 1. The molecule has 192 valence electrons. The number of thiazole rings is 1. The molecule has 0 bridgehead atoms. The van der Waals surface area contributed by atoms with Gasteiger partial charge in [0.2, 0.25) is 0 Å². The van der Waals surface area contributed by atoms with Crippen molar-refractivity contribution in [2.24, 2.45) is 0 Å². The molecule has 3 aromatic carbocycles. The first-order chi connectivity index (χ1) is 18.4. The highest BCUT2D eigenvalue weighted by molar-refractivity contribution is 7.22. The number of aromatic hydroxyl groups is 1. The number of aliphatic hydroxyl groups is 1. The first kappa shape index (κ1) is 23.8. The van der Waals surface area contributed by atoms with E-state index >= 15 is 0 Å². The molecule has 1 amide bonds. The number of hydrogen-bond donors (Lipinski definition) is 2. The van der Waals surface area contributed by atoms with Gasteiger partial charge in [-0.2, -0.15) is 0 Å². The van der Waals surface area contributed by atoms with Crippen molar-refractivity contribution in [3.8, 4) is 23.0 Å². The molecule has 38 heavy (non-hydrogen) atoms. The molecule has 2 aliphatic rings. The van der Waals surface area contributed by atoms with E-state index in [-0.39, 0.29) is 17.1 Å². The number of amides is 1. The Morgan fingerprint density at radius 2 is 1.82 bits per heavy atom. The van der Waals surface area contributed by atoms with Crippen LogP contribution >= 0.6 is 11.3 Å².